The quantitative estimate of drug-likeness (QED) is 0.336. The number of non-ortho nitro benzene ring substituents is 1. The van der Waals surface area contributed by atoms with E-state index in [1.54, 1.807) is 24.3 Å². The van der Waals surface area contributed by atoms with Gasteiger partial charge in [-0.3, -0.25) is 24.6 Å². The predicted octanol–water partition coefficient (Wildman–Crippen LogP) is 2.83. The van der Waals surface area contributed by atoms with Gasteiger partial charge >= 0.3 is 0 Å². The molecule has 1 aromatic carbocycles. The molecule has 1 aliphatic heterocycles. The monoisotopic (exact) mass is 407 g/mol. The molecule has 3 rings (SSSR count). The molecule has 1 aliphatic rings. The second kappa shape index (κ2) is 8.55. The van der Waals surface area contributed by atoms with Crippen LogP contribution in [-0.2, 0) is 9.59 Å². The number of nitrogens with zero attached hydrogens (tertiary/aromatic N) is 3. The first kappa shape index (κ1) is 20.7. The number of aliphatic hydroxyl groups excluding tert-OH is 1. The zero-order valence-corrected chi connectivity index (χ0v) is 16.0. The number of hydrogen-bond donors (Lipinski definition) is 1. The number of furan rings is 1. The fourth-order valence-electron chi connectivity index (χ4n) is 3.04. The first-order valence-electron chi connectivity index (χ1n) is 9.02. The van der Waals surface area contributed by atoms with Crippen molar-refractivity contribution in [3.05, 3.63) is 69.0 Å². The predicted molar refractivity (Wildman–Crippen MR) is 106 cm³/mol. The summed E-state index contributed by atoms with van der Waals surface area (Å²) in [5.74, 6) is -0.495. The molecule has 30 heavy (non-hydrogen) atoms. The van der Waals surface area contributed by atoms with Gasteiger partial charge in [-0.15, -0.1) is 0 Å². The largest absolute Gasteiger partial charge is 0.457 e. The van der Waals surface area contributed by atoms with Crippen LogP contribution in [-0.4, -0.2) is 39.9 Å². The maximum Gasteiger partial charge on any atom is 0.271 e. The number of amides is 2. The fraction of sp³-hybridized carbons (Fsp3) is 0.190. The summed E-state index contributed by atoms with van der Waals surface area (Å²) in [5, 5.41) is 29.1. The summed E-state index contributed by atoms with van der Waals surface area (Å²) in [7, 11) is 0. The van der Waals surface area contributed by atoms with Crippen molar-refractivity contribution >= 4 is 23.6 Å². The van der Waals surface area contributed by atoms with E-state index in [-0.39, 0.29) is 42.0 Å². The first-order chi connectivity index (χ1) is 14.4. The van der Waals surface area contributed by atoms with Crippen LogP contribution < -0.4 is 0 Å². The molecule has 2 aromatic rings. The van der Waals surface area contributed by atoms with Crippen LogP contribution in [0.15, 0.2) is 57.5 Å². The highest BCUT2D eigenvalue weighted by atomic mass is 16.6. The minimum atomic E-state index is -0.684. The van der Waals surface area contributed by atoms with Crippen molar-refractivity contribution in [1.82, 2.24) is 4.90 Å². The number of nitro groups is 1. The van der Waals surface area contributed by atoms with Gasteiger partial charge in [-0.25, -0.2) is 0 Å². The Morgan fingerprint density at radius 3 is 2.50 bits per heavy atom. The molecule has 0 unspecified atom stereocenters. The number of nitro benzene ring substituents is 1. The molecular weight excluding hydrogens is 390 g/mol. The van der Waals surface area contributed by atoms with Crippen LogP contribution in [0, 0.1) is 21.4 Å². The minimum Gasteiger partial charge on any atom is -0.457 e. The van der Waals surface area contributed by atoms with E-state index in [1.165, 1.54) is 25.1 Å². The van der Waals surface area contributed by atoms with Gasteiger partial charge in [0.25, 0.3) is 17.5 Å². The number of aliphatic hydroxyl groups is 1. The van der Waals surface area contributed by atoms with Gasteiger partial charge in [0.2, 0.25) is 0 Å². The van der Waals surface area contributed by atoms with Gasteiger partial charge in [-0.1, -0.05) is 0 Å². The summed E-state index contributed by atoms with van der Waals surface area (Å²) in [6.07, 6.45) is 1.65. The molecule has 2 amide bonds. The van der Waals surface area contributed by atoms with Crippen molar-refractivity contribution in [1.29, 1.82) is 5.26 Å². The summed E-state index contributed by atoms with van der Waals surface area (Å²) in [6, 6.07) is 10.9. The number of hydrogen-bond acceptors (Lipinski definition) is 7. The third-order valence-electron chi connectivity index (χ3n) is 4.64. The molecule has 2 heterocycles. The normalized spacial score (nSPS) is 15.6. The lowest BCUT2D eigenvalue weighted by atomic mass is 9.94. The standard InChI is InChI=1S/C21H17N3O6/c1-13-17(20(26)23(9-2-10-25)21(27)18(13)12-22)11-16-7-8-19(30-16)14-3-5-15(6-4-14)24(28)29/h3-8,11,25H,2,9-10H2,1H3/b17-11-. The topological polar surface area (TPSA) is 138 Å². The number of carbonyl (C=O) groups excluding carboxylic acids is 2. The van der Waals surface area contributed by atoms with Crippen molar-refractivity contribution in [2.45, 2.75) is 13.3 Å². The number of imide groups is 1. The molecule has 1 N–H and O–H groups in total. The molecule has 0 saturated heterocycles. The molecule has 1 aromatic heterocycles. The number of benzene rings is 1. The Morgan fingerprint density at radius 1 is 1.20 bits per heavy atom. The Bertz CT molecular complexity index is 1120. The maximum absolute atomic E-state index is 12.8. The Balaban J connectivity index is 1.96. The molecule has 0 fully saturated rings. The summed E-state index contributed by atoms with van der Waals surface area (Å²) in [6.45, 7) is 1.32. The fourth-order valence-corrected chi connectivity index (χ4v) is 3.04. The SMILES string of the molecule is CC1=C(C#N)C(=O)N(CCCO)C(=O)/C1=C\c1ccc(-c2ccc([N+](=O)[O-])cc2)o1. The van der Waals surface area contributed by atoms with E-state index < -0.39 is 16.7 Å². The molecule has 0 atom stereocenters. The number of carbonyl (C=O) groups is 2. The van der Waals surface area contributed by atoms with Gasteiger partial charge in [0.15, 0.2) is 0 Å². The highest BCUT2D eigenvalue weighted by molar-refractivity contribution is 6.19. The molecule has 0 saturated carbocycles. The van der Waals surface area contributed by atoms with Crippen LogP contribution >= 0.6 is 0 Å². The van der Waals surface area contributed by atoms with E-state index in [9.17, 15) is 25.0 Å². The molecule has 0 aliphatic carbocycles. The molecule has 152 valence electrons. The van der Waals surface area contributed by atoms with Crippen LogP contribution in [0.5, 0.6) is 0 Å². The first-order valence-corrected chi connectivity index (χ1v) is 9.02. The van der Waals surface area contributed by atoms with Gasteiger partial charge in [-0.05, 0) is 49.3 Å². The third kappa shape index (κ3) is 3.90. The van der Waals surface area contributed by atoms with Crippen LogP contribution in [0.25, 0.3) is 17.4 Å². The molecule has 9 heteroatoms. The van der Waals surface area contributed by atoms with E-state index in [2.05, 4.69) is 0 Å². The van der Waals surface area contributed by atoms with E-state index in [0.29, 0.717) is 17.1 Å². The lowest BCUT2D eigenvalue weighted by Gasteiger charge is -2.27. The van der Waals surface area contributed by atoms with Gasteiger partial charge in [0.1, 0.15) is 23.2 Å². The molecule has 9 nitrogen and oxygen atoms in total. The Kier molecular flexibility index (Phi) is 5.90. The minimum absolute atomic E-state index is 0.00380. The van der Waals surface area contributed by atoms with Crippen molar-refractivity contribution in [2.24, 2.45) is 0 Å². The highest BCUT2D eigenvalue weighted by Gasteiger charge is 2.35. The van der Waals surface area contributed by atoms with Crippen molar-refractivity contribution < 1.29 is 24.0 Å². The number of nitriles is 1. The van der Waals surface area contributed by atoms with Crippen LogP contribution in [0.4, 0.5) is 5.69 Å². The maximum atomic E-state index is 12.8. The lowest BCUT2D eigenvalue weighted by molar-refractivity contribution is -0.384. The van der Waals surface area contributed by atoms with E-state index in [0.717, 1.165) is 4.90 Å². The van der Waals surface area contributed by atoms with E-state index in [1.807, 2.05) is 6.07 Å². The van der Waals surface area contributed by atoms with Crippen LogP contribution in [0.3, 0.4) is 0 Å². The van der Waals surface area contributed by atoms with Gasteiger partial charge in [0, 0.05) is 36.4 Å². The molecule has 0 radical (unpaired) electrons. The zero-order valence-electron chi connectivity index (χ0n) is 16.0. The van der Waals surface area contributed by atoms with Crippen molar-refractivity contribution in [3.63, 3.8) is 0 Å². The second-order valence-electron chi connectivity index (χ2n) is 6.51. The summed E-state index contributed by atoms with van der Waals surface area (Å²) in [5.41, 5.74) is 0.832. The van der Waals surface area contributed by atoms with Crippen LogP contribution in [0.2, 0.25) is 0 Å². The van der Waals surface area contributed by atoms with Gasteiger partial charge < -0.3 is 9.52 Å². The summed E-state index contributed by atoms with van der Waals surface area (Å²) >= 11 is 0. The third-order valence-corrected chi connectivity index (χ3v) is 4.64. The Hall–Kier alpha value is -4.03. The van der Waals surface area contributed by atoms with E-state index in [4.69, 9.17) is 9.52 Å². The average Bonchev–Trinajstić information content (AvgIpc) is 3.20. The zero-order chi connectivity index (χ0) is 21.8. The van der Waals surface area contributed by atoms with Crippen LogP contribution in [0.1, 0.15) is 19.1 Å². The summed E-state index contributed by atoms with van der Waals surface area (Å²) in [4.78, 5) is 36.4. The van der Waals surface area contributed by atoms with Gasteiger partial charge in [-0.2, -0.15) is 5.26 Å². The second-order valence-corrected chi connectivity index (χ2v) is 6.51. The van der Waals surface area contributed by atoms with E-state index >= 15 is 0 Å². The smallest absolute Gasteiger partial charge is 0.271 e. The Morgan fingerprint density at radius 2 is 1.90 bits per heavy atom. The average molecular weight is 407 g/mol. The molecular formula is C21H17N3O6. The lowest BCUT2D eigenvalue weighted by Crippen LogP contribution is -2.43. The van der Waals surface area contributed by atoms with Gasteiger partial charge in [0.05, 0.1) is 4.92 Å². The molecule has 0 bridgehead atoms. The van der Waals surface area contributed by atoms with Crippen molar-refractivity contribution in [2.75, 3.05) is 13.2 Å². The number of rotatable bonds is 6. The molecule has 0 spiro atoms. The van der Waals surface area contributed by atoms with Crippen molar-refractivity contribution in [3.8, 4) is 17.4 Å². The highest BCUT2D eigenvalue weighted by Crippen LogP contribution is 2.29. The Labute approximate surface area is 171 Å². The summed E-state index contributed by atoms with van der Waals surface area (Å²) < 4.78 is 5.73.